The summed E-state index contributed by atoms with van der Waals surface area (Å²) in [4.78, 5) is 16.6. The van der Waals surface area contributed by atoms with Gasteiger partial charge in [0, 0.05) is 38.1 Å². The van der Waals surface area contributed by atoms with E-state index in [1.54, 1.807) is 12.1 Å². The summed E-state index contributed by atoms with van der Waals surface area (Å²) in [5.41, 5.74) is 0.519. The number of hydrogen-bond acceptors (Lipinski definition) is 4. The normalized spacial score (nSPS) is 24.7. The van der Waals surface area contributed by atoms with Crippen LogP contribution in [0.2, 0.25) is 0 Å². The van der Waals surface area contributed by atoms with Crippen LogP contribution in [-0.2, 0) is 11.3 Å². The number of carbonyl (C=O) groups excluding carboxylic acids is 1. The number of furan rings is 1. The Morgan fingerprint density at radius 3 is 2.89 bits per heavy atom. The zero-order valence-corrected chi connectivity index (χ0v) is 15.7. The first-order valence-electron chi connectivity index (χ1n) is 9.60. The molecular weight excluding hydrogens is 345 g/mol. The second-order valence-electron chi connectivity index (χ2n) is 7.70. The lowest BCUT2D eigenvalue weighted by Crippen LogP contribution is -2.60. The van der Waals surface area contributed by atoms with Crippen LogP contribution in [-0.4, -0.2) is 54.5 Å². The van der Waals surface area contributed by atoms with Crippen LogP contribution in [0.1, 0.15) is 25.0 Å². The van der Waals surface area contributed by atoms with Crippen molar-refractivity contribution in [3.05, 3.63) is 48.0 Å². The van der Waals surface area contributed by atoms with E-state index in [9.17, 15) is 9.18 Å². The highest BCUT2D eigenvalue weighted by Gasteiger charge is 2.40. The standard InChI is InChI=1S/C21H26FN3O2/c1-24-12-13-25(15-21(24)9-8-20(26)23-11-10-21)14-16-6-7-19(27-16)17-4-2-3-5-18(17)22/h2-7H,8-15H2,1H3,(H,23,26). The highest BCUT2D eigenvalue weighted by atomic mass is 19.1. The molecule has 2 aromatic rings. The van der Waals surface area contributed by atoms with Gasteiger partial charge < -0.3 is 9.73 Å². The second-order valence-corrected chi connectivity index (χ2v) is 7.70. The van der Waals surface area contributed by atoms with Gasteiger partial charge in [0.15, 0.2) is 0 Å². The van der Waals surface area contributed by atoms with Gasteiger partial charge in [-0.2, -0.15) is 0 Å². The van der Waals surface area contributed by atoms with Gasteiger partial charge in [0.2, 0.25) is 5.91 Å². The molecule has 1 unspecified atom stereocenters. The number of carbonyl (C=O) groups is 1. The maximum absolute atomic E-state index is 14.0. The van der Waals surface area contributed by atoms with Crippen LogP contribution in [0.15, 0.2) is 40.8 Å². The van der Waals surface area contributed by atoms with Crippen LogP contribution in [0.25, 0.3) is 11.3 Å². The number of piperazine rings is 1. The third-order valence-corrected chi connectivity index (χ3v) is 5.99. The summed E-state index contributed by atoms with van der Waals surface area (Å²) in [6.07, 6.45) is 2.42. The summed E-state index contributed by atoms with van der Waals surface area (Å²) in [6.45, 7) is 4.26. The van der Waals surface area contributed by atoms with Gasteiger partial charge in [-0.15, -0.1) is 0 Å². The zero-order valence-electron chi connectivity index (χ0n) is 15.7. The highest BCUT2D eigenvalue weighted by molar-refractivity contribution is 5.76. The first-order valence-corrected chi connectivity index (χ1v) is 9.60. The minimum atomic E-state index is -0.271. The van der Waals surface area contributed by atoms with E-state index in [4.69, 9.17) is 4.42 Å². The maximum atomic E-state index is 14.0. The van der Waals surface area contributed by atoms with Crippen LogP contribution in [0.3, 0.4) is 0 Å². The van der Waals surface area contributed by atoms with E-state index in [0.29, 0.717) is 24.3 Å². The van der Waals surface area contributed by atoms with Crippen molar-refractivity contribution in [2.45, 2.75) is 31.3 Å². The molecule has 2 fully saturated rings. The lowest BCUT2D eigenvalue weighted by molar-refractivity contribution is -0.121. The van der Waals surface area contributed by atoms with Crippen molar-refractivity contribution >= 4 is 5.91 Å². The van der Waals surface area contributed by atoms with Gasteiger partial charge in [-0.1, -0.05) is 12.1 Å². The van der Waals surface area contributed by atoms with Crippen molar-refractivity contribution in [3.8, 4) is 11.3 Å². The van der Waals surface area contributed by atoms with E-state index >= 15 is 0 Å². The molecule has 1 spiro atoms. The summed E-state index contributed by atoms with van der Waals surface area (Å²) in [5.74, 6) is 1.29. The van der Waals surface area contributed by atoms with Crippen molar-refractivity contribution in [2.24, 2.45) is 0 Å². The van der Waals surface area contributed by atoms with Gasteiger partial charge in [-0.25, -0.2) is 4.39 Å². The number of nitrogens with one attached hydrogen (secondary N) is 1. The van der Waals surface area contributed by atoms with Gasteiger partial charge in [0.25, 0.3) is 0 Å². The van der Waals surface area contributed by atoms with Crippen molar-refractivity contribution in [1.82, 2.24) is 15.1 Å². The quantitative estimate of drug-likeness (QED) is 0.901. The Labute approximate surface area is 159 Å². The number of likely N-dealkylation sites (N-methyl/N-ethyl adjacent to an activating group) is 1. The Morgan fingerprint density at radius 2 is 2.04 bits per heavy atom. The summed E-state index contributed by atoms with van der Waals surface area (Å²) >= 11 is 0. The molecule has 1 N–H and O–H groups in total. The smallest absolute Gasteiger partial charge is 0.220 e. The monoisotopic (exact) mass is 371 g/mol. The topological polar surface area (TPSA) is 48.7 Å². The fraction of sp³-hybridized carbons (Fsp3) is 0.476. The minimum absolute atomic E-state index is 0.0262. The fourth-order valence-electron chi connectivity index (χ4n) is 4.30. The summed E-state index contributed by atoms with van der Waals surface area (Å²) in [5, 5.41) is 2.99. The molecule has 27 heavy (non-hydrogen) atoms. The predicted octanol–water partition coefficient (Wildman–Crippen LogP) is 2.87. The van der Waals surface area contributed by atoms with Crippen molar-refractivity contribution in [3.63, 3.8) is 0 Å². The Hall–Kier alpha value is -2.18. The van der Waals surface area contributed by atoms with Gasteiger partial charge in [0.1, 0.15) is 17.3 Å². The molecule has 0 aliphatic carbocycles. The van der Waals surface area contributed by atoms with Gasteiger partial charge in [0.05, 0.1) is 12.1 Å². The Bertz CT molecular complexity index is 821. The van der Waals surface area contributed by atoms with E-state index in [0.717, 1.165) is 44.8 Å². The van der Waals surface area contributed by atoms with Crippen molar-refractivity contribution in [2.75, 3.05) is 33.2 Å². The molecule has 0 saturated carbocycles. The van der Waals surface area contributed by atoms with E-state index in [1.165, 1.54) is 6.07 Å². The van der Waals surface area contributed by atoms with E-state index in [-0.39, 0.29) is 17.3 Å². The predicted molar refractivity (Wildman–Crippen MR) is 102 cm³/mol. The number of nitrogens with zero attached hydrogens (tertiary/aromatic N) is 2. The first kappa shape index (κ1) is 18.2. The molecular formula is C21H26FN3O2. The molecule has 1 atom stereocenters. The SMILES string of the molecule is CN1CCN(Cc2ccc(-c3ccccc3F)o2)CC12CCNC(=O)CC2. The third kappa shape index (κ3) is 3.77. The Balaban J connectivity index is 1.47. The molecule has 2 aliphatic heterocycles. The minimum Gasteiger partial charge on any atom is -0.460 e. The lowest BCUT2D eigenvalue weighted by atomic mass is 9.86. The third-order valence-electron chi connectivity index (χ3n) is 5.99. The van der Waals surface area contributed by atoms with Crippen LogP contribution >= 0.6 is 0 Å². The van der Waals surface area contributed by atoms with Crippen LogP contribution in [0.5, 0.6) is 0 Å². The number of amides is 1. The molecule has 3 heterocycles. The summed E-state index contributed by atoms with van der Waals surface area (Å²) < 4.78 is 19.9. The number of benzene rings is 1. The summed E-state index contributed by atoms with van der Waals surface area (Å²) in [7, 11) is 2.16. The van der Waals surface area contributed by atoms with Gasteiger partial charge >= 0.3 is 0 Å². The van der Waals surface area contributed by atoms with E-state index < -0.39 is 0 Å². The van der Waals surface area contributed by atoms with Crippen molar-refractivity contribution in [1.29, 1.82) is 0 Å². The van der Waals surface area contributed by atoms with Crippen LogP contribution in [0, 0.1) is 5.82 Å². The number of halogens is 1. The number of hydrogen-bond donors (Lipinski definition) is 1. The van der Waals surface area contributed by atoms with Crippen LogP contribution in [0.4, 0.5) is 4.39 Å². The molecule has 4 rings (SSSR count). The first-order chi connectivity index (χ1) is 13.1. The van der Waals surface area contributed by atoms with Crippen LogP contribution < -0.4 is 5.32 Å². The van der Waals surface area contributed by atoms with E-state index in [1.807, 2.05) is 18.2 Å². The largest absolute Gasteiger partial charge is 0.460 e. The van der Waals surface area contributed by atoms with E-state index in [2.05, 4.69) is 22.2 Å². The molecule has 0 bridgehead atoms. The average Bonchev–Trinajstić information content (AvgIpc) is 3.03. The van der Waals surface area contributed by atoms with Gasteiger partial charge in [-0.3, -0.25) is 14.6 Å². The highest BCUT2D eigenvalue weighted by Crippen LogP contribution is 2.32. The molecule has 6 heteroatoms. The average molecular weight is 371 g/mol. The summed E-state index contributed by atoms with van der Waals surface area (Å²) in [6, 6.07) is 10.4. The zero-order chi connectivity index (χ0) is 18.9. The molecule has 1 aromatic carbocycles. The molecule has 5 nitrogen and oxygen atoms in total. The lowest BCUT2D eigenvalue weighted by Gasteiger charge is -2.49. The Morgan fingerprint density at radius 1 is 1.19 bits per heavy atom. The second kappa shape index (κ2) is 7.44. The molecule has 2 aliphatic rings. The molecule has 2 saturated heterocycles. The fourth-order valence-corrected chi connectivity index (χ4v) is 4.30. The molecule has 144 valence electrons. The molecule has 0 radical (unpaired) electrons. The molecule has 1 amide bonds. The van der Waals surface area contributed by atoms with Gasteiger partial charge in [-0.05, 0) is 44.2 Å². The maximum Gasteiger partial charge on any atom is 0.220 e. The number of rotatable bonds is 3. The Kier molecular flexibility index (Phi) is 5.02. The molecule has 1 aromatic heterocycles. The van der Waals surface area contributed by atoms with Crippen molar-refractivity contribution < 1.29 is 13.6 Å².